The molecule has 0 saturated heterocycles. The molecule has 0 spiro atoms. The van der Waals surface area contributed by atoms with Crippen molar-refractivity contribution in [2.75, 3.05) is 7.11 Å². The number of hydrogen-bond donors (Lipinski definition) is 0. The summed E-state index contributed by atoms with van der Waals surface area (Å²) in [4.78, 5) is 0. The minimum atomic E-state index is 0.0368. The molecule has 0 fully saturated rings. The average Bonchev–Trinajstić information content (AvgIpc) is 3.19. The van der Waals surface area contributed by atoms with Crippen molar-refractivity contribution in [1.82, 2.24) is 0 Å². The Kier molecular flexibility index (Phi) is 13.8. The summed E-state index contributed by atoms with van der Waals surface area (Å²) in [5.41, 5.74) is 10.7. The summed E-state index contributed by atoms with van der Waals surface area (Å²) in [6.45, 7) is 16.7. The summed E-state index contributed by atoms with van der Waals surface area (Å²) in [5.74, 6) is 0. The molecule has 0 aliphatic heterocycles. The molecule has 0 N–H and O–H groups in total. The van der Waals surface area contributed by atoms with Gasteiger partial charge in [-0.15, -0.1) is 0 Å². The van der Waals surface area contributed by atoms with E-state index < -0.39 is 0 Å². The van der Waals surface area contributed by atoms with Crippen molar-refractivity contribution < 1.29 is 4.43 Å². The fraction of sp³-hybridized carbons (Fsp3) is 0.294. The van der Waals surface area contributed by atoms with Crippen LogP contribution in [0.25, 0.3) is 33.4 Å². The van der Waals surface area contributed by atoms with Crippen molar-refractivity contribution in [2.24, 2.45) is 0 Å². The van der Waals surface area contributed by atoms with Gasteiger partial charge < -0.3 is 4.43 Å². The fourth-order valence-corrected chi connectivity index (χ4v) is 4.39. The summed E-state index contributed by atoms with van der Waals surface area (Å²) < 4.78 is 4.39. The molecule has 0 aromatic heterocycles. The maximum absolute atomic E-state index is 4.39. The summed E-state index contributed by atoms with van der Waals surface area (Å²) >= 11 is 0. The first-order chi connectivity index (χ1) is 17.6. The lowest BCUT2D eigenvalue weighted by Crippen LogP contribution is -2.14. The summed E-state index contributed by atoms with van der Waals surface area (Å²) in [7, 11) is 2.56. The van der Waals surface area contributed by atoms with Gasteiger partial charge in [0.2, 0.25) is 0 Å². The van der Waals surface area contributed by atoms with Crippen molar-refractivity contribution >= 4 is 10.5 Å². The van der Waals surface area contributed by atoms with Gasteiger partial charge in [0.25, 0.3) is 0 Å². The lowest BCUT2D eigenvalue weighted by Gasteiger charge is -2.21. The lowest BCUT2D eigenvalue weighted by molar-refractivity contribution is 0.460. The van der Waals surface area contributed by atoms with Crippen LogP contribution in [0.15, 0.2) is 97.1 Å². The number of hydrogen-bond acceptors (Lipinski definition) is 1. The molecule has 0 bridgehead atoms. The molecule has 0 heterocycles. The van der Waals surface area contributed by atoms with E-state index in [0.717, 1.165) is 10.5 Å². The molecule has 0 saturated carbocycles. The Bertz CT molecular complexity index is 1060. The van der Waals surface area contributed by atoms with Crippen molar-refractivity contribution in [1.29, 1.82) is 0 Å². The van der Waals surface area contributed by atoms with Crippen LogP contribution in [0.1, 0.15) is 66.5 Å². The maximum Gasteiger partial charge on any atom is 0.145 e. The molecule has 4 aromatic carbocycles. The SMILES string of the molecule is CC.CC.CC.CC1(C)c2ccc(-c3ccccc3)cc2-c2cc(-c3ccccc3)ccc21.CO[SiH3]. The number of rotatable bonds is 2. The first kappa shape index (κ1) is 31.1. The second kappa shape index (κ2) is 15.9. The highest BCUT2D eigenvalue weighted by Crippen LogP contribution is 2.50. The van der Waals surface area contributed by atoms with Gasteiger partial charge in [-0.1, -0.05) is 140 Å². The molecule has 0 amide bonds. The van der Waals surface area contributed by atoms with Gasteiger partial charge in [0, 0.05) is 12.5 Å². The zero-order chi connectivity index (χ0) is 27.1. The number of benzene rings is 4. The smallest absolute Gasteiger partial charge is 0.145 e. The van der Waals surface area contributed by atoms with Crippen LogP contribution in [0.2, 0.25) is 0 Å². The molecule has 1 nitrogen and oxygen atoms in total. The highest BCUT2D eigenvalue weighted by Gasteiger charge is 2.35. The van der Waals surface area contributed by atoms with Gasteiger partial charge in [0.1, 0.15) is 10.5 Å². The largest absolute Gasteiger partial charge is 0.431 e. The third kappa shape index (κ3) is 7.06. The lowest BCUT2D eigenvalue weighted by atomic mass is 9.82. The zero-order valence-electron chi connectivity index (χ0n) is 24.1. The Hall–Kier alpha value is -2.94. The van der Waals surface area contributed by atoms with E-state index in [1.807, 2.05) is 41.5 Å². The van der Waals surface area contributed by atoms with Crippen LogP contribution in [0.5, 0.6) is 0 Å². The van der Waals surface area contributed by atoms with Crippen LogP contribution in [-0.2, 0) is 9.84 Å². The van der Waals surface area contributed by atoms with E-state index in [-0.39, 0.29) is 5.41 Å². The summed E-state index contributed by atoms with van der Waals surface area (Å²) in [6.07, 6.45) is 0. The summed E-state index contributed by atoms with van der Waals surface area (Å²) in [6, 6.07) is 35.2. The van der Waals surface area contributed by atoms with Gasteiger partial charge in [-0.2, -0.15) is 0 Å². The minimum Gasteiger partial charge on any atom is -0.431 e. The van der Waals surface area contributed by atoms with E-state index in [2.05, 4.69) is 115 Å². The van der Waals surface area contributed by atoms with Crippen molar-refractivity contribution in [3.8, 4) is 33.4 Å². The van der Waals surface area contributed by atoms with E-state index in [1.165, 1.54) is 44.5 Å². The standard InChI is InChI=1S/C27H22.3C2H6.CH6OSi/c1-27(2)25-15-13-21(19-9-5-3-6-10-19)17-23(25)24-18-22(14-16-26(24)27)20-11-7-4-8-12-20;3*1-2;1-2-3/h3-18H,1-2H3;3*1-2H3;1,3H3. The fourth-order valence-electron chi connectivity index (χ4n) is 4.39. The normalized spacial score (nSPS) is 11.5. The molecule has 5 rings (SSSR count). The van der Waals surface area contributed by atoms with Crippen molar-refractivity contribution in [3.63, 3.8) is 0 Å². The Balaban J connectivity index is 0.000000647. The van der Waals surface area contributed by atoms with Gasteiger partial charge in [0.05, 0.1) is 0 Å². The molecule has 36 heavy (non-hydrogen) atoms. The van der Waals surface area contributed by atoms with Gasteiger partial charge in [-0.05, 0) is 56.6 Å². The number of fused-ring (bicyclic) bond motifs is 3. The molecule has 1 aliphatic carbocycles. The predicted octanol–water partition coefficient (Wildman–Crippen LogP) is 9.32. The highest BCUT2D eigenvalue weighted by atomic mass is 28.2. The first-order valence-electron chi connectivity index (χ1n) is 13.4. The molecular weight excluding hydrogens is 452 g/mol. The Labute approximate surface area is 224 Å². The minimum absolute atomic E-state index is 0.0368. The van der Waals surface area contributed by atoms with Crippen LogP contribution in [0.4, 0.5) is 0 Å². The Morgan fingerprint density at radius 2 is 0.806 bits per heavy atom. The van der Waals surface area contributed by atoms with Gasteiger partial charge in [-0.3, -0.25) is 0 Å². The van der Waals surface area contributed by atoms with Crippen LogP contribution < -0.4 is 0 Å². The topological polar surface area (TPSA) is 9.23 Å². The average molecular weight is 499 g/mol. The highest BCUT2D eigenvalue weighted by molar-refractivity contribution is 5.97. The molecular formula is C34H46OSi. The van der Waals surface area contributed by atoms with Crippen LogP contribution >= 0.6 is 0 Å². The van der Waals surface area contributed by atoms with Gasteiger partial charge in [-0.25, -0.2) is 0 Å². The van der Waals surface area contributed by atoms with E-state index in [4.69, 9.17) is 0 Å². The van der Waals surface area contributed by atoms with Gasteiger partial charge >= 0.3 is 0 Å². The van der Waals surface area contributed by atoms with E-state index in [9.17, 15) is 0 Å². The third-order valence-corrected chi connectivity index (χ3v) is 5.89. The van der Waals surface area contributed by atoms with Gasteiger partial charge in [0.15, 0.2) is 0 Å². The molecule has 1 aliphatic rings. The molecule has 0 radical (unpaired) electrons. The quantitative estimate of drug-likeness (QED) is 0.250. The third-order valence-electron chi connectivity index (χ3n) is 5.89. The first-order valence-corrected chi connectivity index (χ1v) is 14.2. The van der Waals surface area contributed by atoms with Crippen LogP contribution in [0.3, 0.4) is 0 Å². The maximum atomic E-state index is 4.39. The van der Waals surface area contributed by atoms with Crippen molar-refractivity contribution in [2.45, 2.75) is 60.8 Å². The Morgan fingerprint density at radius 3 is 1.11 bits per heavy atom. The second-order valence-electron chi connectivity index (χ2n) is 8.29. The molecule has 192 valence electrons. The predicted molar refractivity (Wildman–Crippen MR) is 166 cm³/mol. The van der Waals surface area contributed by atoms with Crippen molar-refractivity contribution in [3.05, 3.63) is 108 Å². The van der Waals surface area contributed by atoms with E-state index >= 15 is 0 Å². The monoisotopic (exact) mass is 498 g/mol. The van der Waals surface area contributed by atoms with E-state index in [1.54, 1.807) is 7.11 Å². The van der Waals surface area contributed by atoms with Crippen LogP contribution in [-0.4, -0.2) is 17.6 Å². The summed E-state index contributed by atoms with van der Waals surface area (Å²) in [5, 5.41) is 0. The molecule has 0 unspecified atom stereocenters. The molecule has 0 atom stereocenters. The second-order valence-corrected chi connectivity index (χ2v) is 9.10. The van der Waals surface area contributed by atoms with Crippen LogP contribution in [0, 0.1) is 0 Å². The molecule has 2 heteroatoms. The van der Waals surface area contributed by atoms with E-state index in [0.29, 0.717) is 0 Å². The Morgan fingerprint density at radius 1 is 0.500 bits per heavy atom. The molecule has 4 aromatic rings. The zero-order valence-corrected chi connectivity index (χ0v) is 26.1.